The van der Waals surface area contributed by atoms with E-state index in [1.165, 1.54) is 22.3 Å². The molecule has 20 heavy (non-hydrogen) atoms. The average molecular weight is 288 g/mol. The van der Waals surface area contributed by atoms with Gasteiger partial charge >= 0.3 is 0 Å². The van der Waals surface area contributed by atoms with Crippen LogP contribution in [0.3, 0.4) is 0 Å². The third-order valence-corrected chi connectivity index (χ3v) is 4.80. The maximum atomic E-state index is 10.4. The molecule has 0 bridgehead atoms. The highest BCUT2D eigenvalue weighted by atomic mass is 32.1. The lowest BCUT2D eigenvalue weighted by molar-refractivity contribution is 0.182. The molecule has 2 rings (SSSR count). The maximum absolute atomic E-state index is 10.4. The molecule has 0 saturated heterocycles. The van der Waals surface area contributed by atoms with Gasteiger partial charge in [-0.15, -0.1) is 11.3 Å². The van der Waals surface area contributed by atoms with Crippen LogP contribution in [-0.4, -0.2) is 5.11 Å². The van der Waals surface area contributed by atoms with E-state index in [1.54, 1.807) is 11.3 Å². The van der Waals surface area contributed by atoms with Gasteiger partial charge in [-0.2, -0.15) is 0 Å². The minimum atomic E-state index is -0.395. The summed E-state index contributed by atoms with van der Waals surface area (Å²) in [6.07, 6.45) is 0.302. The molecule has 0 radical (unpaired) electrons. The molecule has 0 saturated carbocycles. The summed E-state index contributed by atoms with van der Waals surface area (Å²) < 4.78 is 0. The lowest BCUT2D eigenvalue weighted by Gasteiger charge is -2.23. The van der Waals surface area contributed by atoms with Crippen molar-refractivity contribution in [3.63, 3.8) is 0 Å². The van der Waals surface area contributed by atoms with Crippen LogP contribution < -0.4 is 0 Å². The van der Waals surface area contributed by atoms with Crippen LogP contribution in [0.2, 0.25) is 0 Å². The molecule has 0 spiro atoms. The summed E-state index contributed by atoms with van der Waals surface area (Å²) in [6, 6.07) is 8.53. The summed E-state index contributed by atoms with van der Waals surface area (Å²) in [7, 11) is 0. The molecule has 1 aromatic carbocycles. The van der Waals surface area contributed by atoms with E-state index in [-0.39, 0.29) is 5.41 Å². The van der Waals surface area contributed by atoms with Crippen LogP contribution in [-0.2, 0) is 11.8 Å². The monoisotopic (exact) mass is 288 g/mol. The highest BCUT2D eigenvalue weighted by Gasteiger charge is 2.18. The molecule has 0 fully saturated rings. The van der Waals surface area contributed by atoms with Gasteiger partial charge in [0, 0.05) is 11.3 Å². The van der Waals surface area contributed by atoms with Crippen LogP contribution in [0, 0.1) is 13.8 Å². The molecule has 1 aromatic heterocycles. The zero-order chi connectivity index (χ0) is 14.9. The van der Waals surface area contributed by atoms with Crippen molar-refractivity contribution in [2.75, 3.05) is 0 Å². The molecule has 1 heterocycles. The van der Waals surface area contributed by atoms with Crippen molar-refractivity contribution in [2.24, 2.45) is 0 Å². The number of hydrogen-bond acceptors (Lipinski definition) is 2. The van der Waals surface area contributed by atoms with E-state index >= 15 is 0 Å². The van der Waals surface area contributed by atoms with Crippen LogP contribution >= 0.6 is 11.3 Å². The summed E-state index contributed by atoms with van der Waals surface area (Å²) >= 11 is 1.62. The predicted molar refractivity (Wildman–Crippen MR) is 87.6 cm³/mol. The fraction of sp³-hybridized carbons (Fsp3) is 0.444. The molecule has 0 aliphatic rings. The normalized spacial score (nSPS) is 13.5. The van der Waals surface area contributed by atoms with Crippen molar-refractivity contribution < 1.29 is 5.11 Å². The Morgan fingerprint density at radius 3 is 2.20 bits per heavy atom. The molecule has 1 unspecified atom stereocenters. The Morgan fingerprint density at radius 2 is 1.75 bits per heavy atom. The number of aryl methyl sites for hydroxylation is 2. The van der Waals surface area contributed by atoms with Gasteiger partial charge in [0.05, 0.1) is 6.10 Å². The fourth-order valence-corrected chi connectivity index (χ4v) is 3.24. The van der Waals surface area contributed by atoms with Crippen molar-refractivity contribution >= 4 is 11.3 Å². The number of rotatable bonds is 3. The Labute approximate surface area is 126 Å². The minimum absolute atomic E-state index is 0.167. The van der Waals surface area contributed by atoms with Crippen LogP contribution in [0.1, 0.15) is 54.0 Å². The molecule has 1 atom stereocenters. The largest absolute Gasteiger partial charge is 0.387 e. The summed E-state index contributed by atoms with van der Waals surface area (Å²) in [4.78, 5) is 1.05. The highest BCUT2D eigenvalue weighted by Crippen LogP contribution is 2.30. The average Bonchev–Trinajstić information content (AvgIpc) is 2.85. The van der Waals surface area contributed by atoms with Crippen molar-refractivity contribution in [3.8, 4) is 0 Å². The third kappa shape index (κ3) is 3.31. The molecule has 1 nitrogen and oxygen atoms in total. The second-order valence-electron chi connectivity index (χ2n) is 6.57. The second kappa shape index (κ2) is 5.71. The summed E-state index contributed by atoms with van der Waals surface area (Å²) in [5.41, 5.74) is 5.37. The van der Waals surface area contributed by atoms with Crippen LogP contribution in [0.4, 0.5) is 0 Å². The van der Waals surface area contributed by atoms with Crippen molar-refractivity contribution in [1.82, 2.24) is 0 Å². The van der Waals surface area contributed by atoms with Gasteiger partial charge in [-0.1, -0.05) is 39.0 Å². The van der Waals surface area contributed by atoms with E-state index in [2.05, 4.69) is 46.8 Å². The minimum Gasteiger partial charge on any atom is -0.387 e. The number of benzene rings is 1. The quantitative estimate of drug-likeness (QED) is 0.848. The molecule has 0 aliphatic carbocycles. The Kier molecular flexibility index (Phi) is 4.36. The zero-order valence-electron chi connectivity index (χ0n) is 13.0. The number of hydrogen-bond donors (Lipinski definition) is 1. The Balaban J connectivity index is 2.29. The molecular formula is C18H24OS. The smallest absolute Gasteiger partial charge is 0.0922 e. The molecule has 0 amide bonds. The van der Waals surface area contributed by atoms with E-state index < -0.39 is 6.10 Å². The Bertz CT molecular complexity index is 553. The van der Waals surface area contributed by atoms with Crippen molar-refractivity contribution in [3.05, 3.63) is 56.8 Å². The van der Waals surface area contributed by atoms with Gasteiger partial charge in [-0.3, -0.25) is 0 Å². The van der Waals surface area contributed by atoms with Crippen molar-refractivity contribution in [2.45, 2.75) is 52.6 Å². The molecule has 2 aromatic rings. The molecule has 108 valence electrons. The SMILES string of the molecule is Cc1cc(C(C)(C)C)cc(C)c1CC(O)c1cccs1. The second-order valence-corrected chi connectivity index (χ2v) is 7.55. The first kappa shape index (κ1) is 15.3. The van der Waals surface area contributed by atoms with Gasteiger partial charge in [0.15, 0.2) is 0 Å². The number of thiophene rings is 1. The van der Waals surface area contributed by atoms with Gasteiger partial charge in [-0.05, 0) is 53.0 Å². The lowest BCUT2D eigenvalue weighted by atomic mass is 9.83. The van der Waals surface area contributed by atoms with Gasteiger partial charge in [0.25, 0.3) is 0 Å². The number of aliphatic hydroxyl groups is 1. The molecule has 2 heteroatoms. The Hall–Kier alpha value is -1.12. The summed E-state index contributed by atoms with van der Waals surface area (Å²) in [5.74, 6) is 0. The lowest BCUT2D eigenvalue weighted by Crippen LogP contribution is -2.13. The first-order valence-electron chi connectivity index (χ1n) is 7.11. The van der Waals surface area contributed by atoms with Crippen LogP contribution in [0.5, 0.6) is 0 Å². The van der Waals surface area contributed by atoms with Crippen LogP contribution in [0.15, 0.2) is 29.6 Å². The third-order valence-electron chi connectivity index (χ3n) is 3.83. The van der Waals surface area contributed by atoms with Gasteiger partial charge in [0.2, 0.25) is 0 Å². The van der Waals surface area contributed by atoms with E-state index in [4.69, 9.17) is 0 Å². The van der Waals surface area contributed by atoms with E-state index in [1.807, 2.05) is 17.5 Å². The predicted octanol–water partition coefficient (Wildman–Crippen LogP) is 4.94. The van der Waals surface area contributed by atoms with E-state index in [0.29, 0.717) is 6.42 Å². The topological polar surface area (TPSA) is 20.2 Å². The van der Waals surface area contributed by atoms with Gasteiger partial charge < -0.3 is 5.11 Å². The summed E-state index contributed by atoms with van der Waals surface area (Å²) in [5, 5.41) is 12.4. The molecule has 0 aliphatic heterocycles. The number of aliphatic hydroxyl groups excluding tert-OH is 1. The maximum Gasteiger partial charge on any atom is 0.0922 e. The van der Waals surface area contributed by atoms with Gasteiger partial charge in [-0.25, -0.2) is 0 Å². The van der Waals surface area contributed by atoms with Crippen LogP contribution in [0.25, 0.3) is 0 Å². The van der Waals surface area contributed by atoms with Gasteiger partial charge in [0.1, 0.15) is 0 Å². The van der Waals surface area contributed by atoms with E-state index in [0.717, 1.165) is 4.88 Å². The van der Waals surface area contributed by atoms with E-state index in [9.17, 15) is 5.11 Å². The van der Waals surface area contributed by atoms with Crippen molar-refractivity contribution in [1.29, 1.82) is 0 Å². The highest BCUT2D eigenvalue weighted by molar-refractivity contribution is 7.10. The first-order chi connectivity index (χ1) is 9.29. The zero-order valence-corrected chi connectivity index (χ0v) is 13.8. The standard InChI is InChI=1S/C18H24OS/c1-12-9-14(18(3,4)5)10-13(2)15(12)11-16(19)17-7-6-8-20-17/h6-10,16,19H,11H2,1-5H3. The fourth-order valence-electron chi connectivity index (χ4n) is 2.52. The Morgan fingerprint density at radius 1 is 1.15 bits per heavy atom. The molecule has 1 N–H and O–H groups in total. The summed E-state index contributed by atoms with van der Waals surface area (Å²) in [6.45, 7) is 11.0. The first-order valence-corrected chi connectivity index (χ1v) is 7.99. The molecular weight excluding hydrogens is 264 g/mol.